The minimum Gasteiger partial charge on any atom is -0.354 e. The zero-order valence-corrected chi connectivity index (χ0v) is 24.2. The number of hydrogen-bond acceptors (Lipinski definition) is 8. The van der Waals surface area contributed by atoms with Crippen molar-refractivity contribution in [2.24, 2.45) is 0 Å². The largest absolute Gasteiger partial charge is 0.354 e. The Balaban J connectivity index is 1.44. The van der Waals surface area contributed by atoms with Gasteiger partial charge in [-0.1, -0.05) is 23.8 Å². The van der Waals surface area contributed by atoms with Gasteiger partial charge in [0.2, 0.25) is 15.9 Å². The van der Waals surface area contributed by atoms with E-state index in [0.717, 1.165) is 41.1 Å². The summed E-state index contributed by atoms with van der Waals surface area (Å²) in [6.07, 6.45) is -1.24. The van der Waals surface area contributed by atoms with Gasteiger partial charge in [0.05, 0.1) is 33.8 Å². The molecule has 1 fully saturated rings. The molecular formula is C29H29N3O6S2. The minimum absolute atomic E-state index is 0.0122. The Labute approximate surface area is 237 Å². The third-order valence-corrected chi connectivity index (χ3v) is 9.83. The number of carbonyl (C=O) groups excluding carboxylic acids is 2. The minimum atomic E-state index is -4.17. The predicted molar refractivity (Wildman–Crippen MR) is 154 cm³/mol. The number of ether oxygens (including phenoxy) is 2. The molecule has 2 amide bonds. The number of imide groups is 1. The number of thiazole rings is 1. The molecule has 1 aromatic heterocycles. The van der Waals surface area contributed by atoms with Gasteiger partial charge in [0.25, 0.3) is 5.91 Å². The number of carbonyl (C=O) groups is 2. The van der Waals surface area contributed by atoms with Crippen molar-refractivity contribution in [1.29, 1.82) is 0 Å². The zero-order valence-electron chi connectivity index (χ0n) is 22.5. The molecule has 0 spiro atoms. The number of rotatable bonds is 9. The molecule has 0 radical (unpaired) electrons. The van der Waals surface area contributed by atoms with Crippen molar-refractivity contribution in [3.05, 3.63) is 77.9 Å². The second-order valence-electron chi connectivity index (χ2n) is 9.61. The summed E-state index contributed by atoms with van der Waals surface area (Å²) in [6.45, 7) is 3.61. The summed E-state index contributed by atoms with van der Waals surface area (Å²) >= 11 is 1.56. The van der Waals surface area contributed by atoms with E-state index in [0.29, 0.717) is 5.69 Å². The summed E-state index contributed by atoms with van der Waals surface area (Å²) in [4.78, 5) is 32.6. The van der Waals surface area contributed by atoms with Gasteiger partial charge in [-0.25, -0.2) is 18.3 Å². The van der Waals surface area contributed by atoms with Crippen LogP contribution in [0.2, 0.25) is 0 Å². The van der Waals surface area contributed by atoms with Crippen molar-refractivity contribution in [2.75, 3.05) is 25.7 Å². The van der Waals surface area contributed by atoms with E-state index >= 15 is 0 Å². The normalized spacial score (nSPS) is 16.1. The van der Waals surface area contributed by atoms with Crippen molar-refractivity contribution in [3.63, 3.8) is 0 Å². The van der Waals surface area contributed by atoms with Crippen LogP contribution in [-0.4, -0.2) is 62.6 Å². The highest BCUT2D eigenvalue weighted by atomic mass is 32.2. The van der Waals surface area contributed by atoms with Gasteiger partial charge in [0.15, 0.2) is 6.29 Å². The Morgan fingerprint density at radius 2 is 1.62 bits per heavy atom. The third-order valence-electron chi connectivity index (χ3n) is 6.87. The fraction of sp³-hybridized carbons (Fsp3) is 0.276. The van der Waals surface area contributed by atoms with Crippen molar-refractivity contribution >= 4 is 49.1 Å². The molecule has 9 nitrogen and oxygen atoms in total. The Morgan fingerprint density at radius 3 is 2.27 bits per heavy atom. The Hall–Kier alpha value is -3.48. The van der Waals surface area contributed by atoms with Gasteiger partial charge in [0.1, 0.15) is 11.0 Å². The van der Waals surface area contributed by atoms with Gasteiger partial charge < -0.3 is 9.47 Å². The maximum Gasteiger partial charge on any atom is 0.252 e. The van der Waals surface area contributed by atoms with Crippen LogP contribution in [0, 0.1) is 13.8 Å². The van der Waals surface area contributed by atoms with Crippen LogP contribution in [0.3, 0.4) is 0 Å². The lowest BCUT2D eigenvalue weighted by atomic mass is 10.2. The molecule has 0 aliphatic carbocycles. The van der Waals surface area contributed by atoms with Crippen LogP contribution in [0.25, 0.3) is 20.8 Å². The molecule has 11 heteroatoms. The van der Waals surface area contributed by atoms with Crippen LogP contribution in [0.1, 0.15) is 17.5 Å². The summed E-state index contributed by atoms with van der Waals surface area (Å²) in [6, 6.07) is 18.1. The van der Waals surface area contributed by atoms with Crippen molar-refractivity contribution in [1.82, 2.24) is 9.29 Å². The average molecular weight is 580 g/mol. The number of methoxy groups -OCH3 is 2. The number of sulfonamides is 1. The van der Waals surface area contributed by atoms with Crippen LogP contribution >= 0.6 is 11.3 Å². The molecule has 1 aliphatic rings. The van der Waals surface area contributed by atoms with Gasteiger partial charge in [-0.05, 0) is 67.9 Å². The number of fused-ring (bicyclic) bond motifs is 1. The molecule has 0 bridgehead atoms. The molecule has 208 valence electrons. The zero-order chi connectivity index (χ0) is 28.6. The molecular weight excluding hydrogens is 550 g/mol. The molecule has 1 unspecified atom stereocenters. The number of amides is 2. The van der Waals surface area contributed by atoms with Crippen LogP contribution in [-0.2, 0) is 29.1 Å². The predicted octanol–water partition coefficient (Wildman–Crippen LogP) is 4.52. The first-order chi connectivity index (χ1) is 19.1. The number of aryl methyl sites for hydroxylation is 2. The summed E-state index contributed by atoms with van der Waals surface area (Å²) in [7, 11) is -1.41. The molecule has 5 rings (SSSR count). The average Bonchev–Trinajstić information content (AvgIpc) is 3.49. The number of hydrogen-bond donors (Lipinski definition) is 0. The molecule has 2 heterocycles. The standard InChI is InChI=1S/C29H29N3O6S2/c1-18-5-12-22(13-6-18)40(35,36)31(17-27(37-3)38-4)24-16-26(33)32(29(24)34)21-10-8-20(9-11-21)28-30-23-14-7-19(2)15-25(23)39-28/h5-15,24,27H,16-17H2,1-4H3. The SMILES string of the molecule is COC(CN(C1CC(=O)N(c2ccc(-c3nc4ccc(C)cc4s3)cc2)C1=O)S(=O)(=O)c1ccc(C)cc1)OC. The van der Waals surface area contributed by atoms with Gasteiger partial charge >= 0.3 is 0 Å². The van der Waals surface area contributed by atoms with E-state index in [1.807, 2.05) is 26.0 Å². The molecule has 0 N–H and O–H groups in total. The first-order valence-electron chi connectivity index (χ1n) is 12.6. The molecule has 1 atom stereocenters. The van der Waals surface area contributed by atoms with E-state index in [1.54, 1.807) is 47.7 Å². The lowest BCUT2D eigenvalue weighted by molar-refractivity contribution is -0.125. The third kappa shape index (κ3) is 5.30. The molecule has 4 aromatic rings. The summed E-state index contributed by atoms with van der Waals surface area (Å²) in [5.41, 5.74) is 4.16. The molecule has 1 saturated heterocycles. The van der Waals surface area contributed by atoms with Gasteiger partial charge in [-0.3, -0.25) is 9.59 Å². The second kappa shape index (κ2) is 11.2. The van der Waals surface area contributed by atoms with E-state index in [-0.39, 0.29) is 17.9 Å². The van der Waals surface area contributed by atoms with E-state index in [2.05, 4.69) is 6.07 Å². The molecule has 0 saturated carbocycles. The van der Waals surface area contributed by atoms with Crippen molar-refractivity contribution in [2.45, 2.75) is 37.5 Å². The number of anilines is 1. The monoisotopic (exact) mass is 579 g/mol. The van der Waals surface area contributed by atoms with E-state index in [4.69, 9.17) is 14.5 Å². The lowest BCUT2D eigenvalue weighted by Crippen LogP contribution is -2.49. The number of aromatic nitrogens is 1. The fourth-order valence-corrected chi connectivity index (χ4v) is 7.29. The molecule has 3 aromatic carbocycles. The van der Waals surface area contributed by atoms with Gasteiger partial charge in [-0.2, -0.15) is 4.31 Å². The Morgan fingerprint density at radius 1 is 0.975 bits per heavy atom. The Kier molecular flexibility index (Phi) is 7.85. The summed E-state index contributed by atoms with van der Waals surface area (Å²) < 4.78 is 40.0. The maximum absolute atomic E-state index is 13.7. The highest BCUT2D eigenvalue weighted by Crippen LogP contribution is 2.34. The highest BCUT2D eigenvalue weighted by molar-refractivity contribution is 7.89. The van der Waals surface area contributed by atoms with Gasteiger partial charge in [0, 0.05) is 19.8 Å². The topological polar surface area (TPSA) is 106 Å². The highest BCUT2D eigenvalue weighted by Gasteiger charge is 2.47. The summed E-state index contributed by atoms with van der Waals surface area (Å²) in [5, 5.41) is 0.824. The number of nitrogens with zero attached hydrogens (tertiary/aromatic N) is 3. The smallest absolute Gasteiger partial charge is 0.252 e. The summed E-state index contributed by atoms with van der Waals surface area (Å²) in [5.74, 6) is -1.12. The maximum atomic E-state index is 13.7. The van der Waals surface area contributed by atoms with Crippen LogP contribution in [0.15, 0.2) is 71.6 Å². The van der Waals surface area contributed by atoms with Crippen LogP contribution < -0.4 is 4.90 Å². The van der Waals surface area contributed by atoms with E-state index in [9.17, 15) is 18.0 Å². The van der Waals surface area contributed by atoms with E-state index < -0.39 is 34.2 Å². The molecule has 40 heavy (non-hydrogen) atoms. The first kappa shape index (κ1) is 28.1. The lowest BCUT2D eigenvalue weighted by Gasteiger charge is -2.29. The van der Waals surface area contributed by atoms with Gasteiger partial charge in [-0.15, -0.1) is 11.3 Å². The second-order valence-corrected chi connectivity index (χ2v) is 12.5. The number of benzene rings is 3. The Bertz CT molecular complexity index is 1660. The molecule has 1 aliphatic heterocycles. The first-order valence-corrected chi connectivity index (χ1v) is 14.9. The van der Waals surface area contributed by atoms with E-state index in [1.165, 1.54) is 26.4 Å². The van der Waals surface area contributed by atoms with Crippen molar-refractivity contribution in [3.8, 4) is 10.6 Å². The fourth-order valence-electron chi connectivity index (χ4n) is 4.65. The van der Waals surface area contributed by atoms with Crippen LogP contribution in [0.4, 0.5) is 5.69 Å². The van der Waals surface area contributed by atoms with Crippen LogP contribution in [0.5, 0.6) is 0 Å². The quantitative estimate of drug-likeness (QED) is 0.212. The van der Waals surface area contributed by atoms with Crippen molar-refractivity contribution < 1.29 is 27.5 Å².